The van der Waals surface area contributed by atoms with Gasteiger partial charge in [-0.15, -0.1) is 0 Å². The van der Waals surface area contributed by atoms with E-state index in [4.69, 9.17) is 9.47 Å². The third-order valence-electron chi connectivity index (χ3n) is 3.10. The second kappa shape index (κ2) is 6.39. The predicted molar refractivity (Wildman–Crippen MR) is 68.6 cm³/mol. The molecule has 0 heterocycles. The number of ether oxygens (including phenoxy) is 2. The molecule has 19 heavy (non-hydrogen) atoms. The fourth-order valence-corrected chi connectivity index (χ4v) is 2.36. The minimum Gasteiger partial charge on any atom is -0.346 e. The first-order valence-corrected chi connectivity index (χ1v) is 6.64. The van der Waals surface area contributed by atoms with Gasteiger partial charge < -0.3 is 9.47 Å². The van der Waals surface area contributed by atoms with Crippen LogP contribution in [0.1, 0.15) is 40.5 Å². The first-order chi connectivity index (χ1) is 8.82. The molecule has 1 fully saturated rings. The van der Waals surface area contributed by atoms with Gasteiger partial charge in [0.05, 0.1) is 0 Å². The predicted octanol–water partition coefficient (Wildman–Crippen LogP) is 1.53. The van der Waals surface area contributed by atoms with E-state index in [9.17, 15) is 14.4 Å². The van der Waals surface area contributed by atoms with Crippen LogP contribution in [0.5, 0.6) is 0 Å². The Morgan fingerprint density at radius 1 is 1.16 bits per heavy atom. The molecule has 0 radical (unpaired) electrons. The molecular formula is C14H22O5. The molecule has 0 aromatic rings. The van der Waals surface area contributed by atoms with Crippen molar-refractivity contribution in [2.45, 2.75) is 46.8 Å². The zero-order valence-corrected chi connectivity index (χ0v) is 12.0. The molecule has 1 rings (SSSR count). The van der Waals surface area contributed by atoms with Gasteiger partial charge in [0.2, 0.25) is 12.1 Å². The van der Waals surface area contributed by atoms with Crippen molar-refractivity contribution in [3.8, 4) is 0 Å². The van der Waals surface area contributed by atoms with Crippen LogP contribution in [0, 0.1) is 11.3 Å². The number of ketones is 3. The Morgan fingerprint density at radius 2 is 1.58 bits per heavy atom. The van der Waals surface area contributed by atoms with Crippen molar-refractivity contribution in [1.29, 1.82) is 0 Å². The van der Waals surface area contributed by atoms with Gasteiger partial charge in [0.15, 0.2) is 11.6 Å². The highest BCUT2D eigenvalue weighted by Gasteiger charge is 2.45. The Balaban J connectivity index is 2.85. The maximum Gasteiger partial charge on any atom is 0.219 e. The first-order valence-electron chi connectivity index (χ1n) is 6.64. The molecule has 0 unspecified atom stereocenters. The molecule has 0 bridgehead atoms. The normalized spacial score (nSPS) is 20.1. The van der Waals surface area contributed by atoms with E-state index in [2.05, 4.69) is 0 Å². The number of Topliss-reactive ketones (excluding diaryl/α,β-unsaturated/α-hetero) is 3. The summed E-state index contributed by atoms with van der Waals surface area (Å²) in [6.07, 6.45) is -0.644. The molecule has 0 aliphatic heterocycles. The molecule has 5 heteroatoms. The van der Waals surface area contributed by atoms with Gasteiger partial charge in [-0.3, -0.25) is 14.4 Å². The maximum absolute atomic E-state index is 12.2. The highest BCUT2D eigenvalue weighted by atomic mass is 16.7. The lowest BCUT2D eigenvalue weighted by Crippen LogP contribution is -2.46. The van der Waals surface area contributed by atoms with Gasteiger partial charge in [0.1, 0.15) is 5.92 Å². The standard InChI is InChI=1S/C14H22O5/c1-5-18-13(19-6-2)12(17)11-9(15)7-14(3,4)8-10(11)16/h11,13H,5-8H2,1-4H3. The van der Waals surface area contributed by atoms with Gasteiger partial charge >= 0.3 is 0 Å². The monoisotopic (exact) mass is 270 g/mol. The molecule has 0 N–H and O–H groups in total. The number of hydrogen-bond acceptors (Lipinski definition) is 5. The van der Waals surface area contributed by atoms with Crippen LogP contribution in [0.3, 0.4) is 0 Å². The molecule has 0 aromatic heterocycles. The van der Waals surface area contributed by atoms with E-state index in [0.29, 0.717) is 0 Å². The largest absolute Gasteiger partial charge is 0.346 e. The summed E-state index contributed by atoms with van der Waals surface area (Å²) in [4.78, 5) is 36.3. The first kappa shape index (κ1) is 16.0. The lowest BCUT2D eigenvalue weighted by molar-refractivity contribution is -0.175. The summed E-state index contributed by atoms with van der Waals surface area (Å²) in [5.41, 5.74) is -0.363. The van der Waals surface area contributed by atoms with Gasteiger partial charge in [-0.05, 0) is 19.3 Å². The molecule has 0 spiro atoms. The van der Waals surface area contributed by atoms with Crippen LogP contribution in [0.4, 0.5) is 0 Å². The van der Waals surface area contributed by atoms with Crippen molar-refractivity contribution in [3.63, 3.8) is 0 Å². The zero-order chi connectivity index (χ0) is 14.6. The Morgan fingerprint density at radius 3 is 1.95 bits per heavy atom. The summed E-state index contributed by atoms with van der Waals surface area (Å²) in [5, 5.41) is 0. The SMILES string of the molecule is CCOC(OCC)C(=O)C1C(=O)CC(C)(C)CC1=O. The van der Waals surface area contributed by atoms with E-state index in [1.54, 1.807) is 13.8 Å². The van der Waals surface area contributed by atoms with E-state index in [-0.39, 0.29) is 43.0 Å². The van der Waals surface area contributed by atoms with Crippen LogP contribution in [0.25, 0.3) is 0 Å². The molecule has 0 atom stereocenters. The van der Waals surface area contributed by atoms with Gasteiger partial charge in [0.25, 0.3) is 0 Å². The summed E-state index contributed by atoms with van der Waals surface area (Å²) in [5.74, 6) is -2.42. The molecule has 1 aliphatic carbocycles. The lowest BCUT2D eigenvalue weighted by atomic mass is 9.70. The smallest absolute Gasteiger partial charge is 0.219 e. The number of rotatable bonds is 6. The summed E-state index contributed by atoms with van der Waals surface area (Å²) < 4.78 is 10.3. The van der Waals surface area contributed by atoms with Crippen LogP contribution in [-0.4, -0.2) is 36.9 Å². The number of carbonyl (C=O) groups excluding carboxylic acids is 3. The maximum atomic E-state index is 12.2. The second-order valence-corrected chi connectivity index (χ2v) is 5.53. The fourth-order valence-electron chi connectivity index (χ4n) is 2.36. The Bertz CT molecular complexity index is 346. The van der Waals surface area contributed by atoms with Crippen molar-refractivity contribution in [2.75, 3.05) is 13.2 Å². The Kier molecular flexibility index (Phi) is 5.38. The average molecular weight is 270 g/mol. The van der Waals surface area contributed by atoms with Gasteiger partial charge in [-0.2, -0.15) is 0 Å². The molecule has 108 valence electrons. The average Bonchev–Trinajstić information content (AvgIpc) is 2.25. The minimum absolute atomic E-state index is 0.236. The topological polar surface area (TPSA) is 69.7 Å². The summed E-state index contributed by atoms with van der Waals surface area (Å²) in [7, 11) is 0. The van der Waals surface area contributed by atoms with E-state index >= 15 is 0 Å². The third-order valence-corrected chi connectivity index (χ3v) is 3.10. The van der Waals surface area contributed by atoms with Gasteiger partial charge in [0, 0.05) is 26.1 Å². The quantitative estimate of drug-likeness (QED) is 0.540. The summed E-state index contributed by atoms with van der Waals surface area (Å²) in [6.45, 7) is 7.74. The van der Waals surface area contributed by atoms with E-state index in [0.717, 1.165) is 0 Å². The van der Waals surface area contributed by atoms with Crippen LogP contribution in [0.2, 0.25) is 0 Å². The number of carbonyl (C=O) groups is 3. The Hall–Kier alpha value is -1.07. The minimum atomic E-state index is -1.21. The van der Waals surface area contributed by atoms with Gasteiger partial charge in [-0.1, -0.05) is 13.8 Å². The second-order valence-electron chi connectivity index (χ2n) is 5.53. The molecule has 1 saturated carbocycles. The zero-order valence-electron chi connectivity index (χ0n) is 12.0. The molecule has 1 aliphatic rings. The Labute approximate surface area is 113 Å². The highest BCUT2D eigenvalue weighted by Crippen LogP contribution is 2.34. The number of hydrogen-bond donors (Lipinski definition) is 0. The van der Waals surface area contributed by atoms with Crippen LogP contribution in [0.15, 0.2) is 0 Å². The van der Waals surface area contributed by atoms with Gasteiger partial charge in [-0.25, -0.2) is 0 Å². The van der Waals surface area contributed by atoms with Crippen LogP contribution in [-0.2, 0) is 23.9 Å². The van der Waals surface area contributed by atoms with Crippen molar-refractivity contribution < 1.29 is 23.9 Å². The molecule has 0 saturated heterocycles. The van der Waals surface area contributed by atoms with Crippen molar-refractivity contribution in [1.82, 2.24) is 0 Å². The lowest BCUT2D eigenvalue weighted by Gasteiger charge is -2.32. The highest BCUT2D eigenvalue weighted by molar-refractivity contribution is 6.21. The molecule has 5 nitrogen and oxygen atoms in total. The van der Waals surface area contributed by atoms with E-state index in [1.807, 2.05) is 13.8 Å². The van der Waals surface area contributed by atoms with E-state index in [1.165, 1.54) is 0 Å². The van der Waals surface area contributed by atoms with Crippen molar-refractivity contribution in [3.05, 3.63) is 0 Å². The summed E-state index contributed by atoms with van der Waals surface area (Å²) >= 11 is 0. The van der Waals surface area contributed by atoms with Crippen LogP contribution >= 0.6 is 0 Å². The molecule has 0 amide bonds. The third kappa shape index (κ3) is 3.94. The van der Waals surface area contributed by atoms with Crippen molar-refractivity contribution in [2.24, 2.45) is 11.3 Å². The van der Waals surface area contributed by atoms with E-state index < -0.39 is 18.0 Å². The summed E-state index contributed by atoms with van der Waals surface area (Å²) in [6, 6.07) is 0. The molecule has 0 aromatic carbocycles. The fraction of sp³-hybridized carbons (Fsp3) is 0.786. The van der Waals surface area contributed by atoms with Crippen molar-refractivity contribution >= 4 is 17.3 Å². The van der Waals surface area contributed by atoms with Crippen LogP contribution < -0.4 is 0 Å². The molecular weight excluding hydrogens is 248 g/mol.